The molecule has 3 rings (SSSR count). The third-order valence-corrected chi connectivity index (χ3v) is 8.09. The monoisotopic (exact) mass is 453 g/mol. The molecule has 138 valence electrons. The second kappa shape index (κ2) is 7.38. The van der Waals surface area contributed by atoms with E-state index in [1.807, 2.05) is 31.2 Å². The molecule has 1 saturated carbocycles. The highest BCUT2D eigenvalue weighted by atomic mass is 79.9. The Labute approximate surface area is 167 Å². The third-order valence-electron chi connectivity index (χ3n) is 4.90. The molecule has 0 aromatic heterocycles. The molecule has 3 atom stereocenters. The van der Waals surface area contributed by atoms with Crippen molar-refractivity contribution in [3.63, 3.8) is 0 Å². The number of hydrogen-bond acceptors (Lipinski definition) is 4. The lowest BCUT2D eigenvalue weighted by Crippen LogP contribution is -2.33. The minimum Gasteiger partial charge on any atom is -0.393 e. The second-order valence-corrected chi connectivity index (χ2v) is 9.77. The molecular weight excluding hydrogens is 434 g/mol. The molecular formula is C19H20BrNO3S2. The summed E-state index contributed by atoms with van der Waals surface area (Å²) in [6, 6.07) is 16.1. The molecule has 7 heteroatoms. The first-order valence-electron chi connectivity index (χ1n) is 8.27. The Morgan fingerprint density at radius 1 is 1.19 bits per heavy atom. The normalized spacial score (nSPS) is 25.0. The summed E-state index contributed by atoms with van der Waals surface area (Å²) < 4.78 is 33.2. The van der Waals surface area contributed by atoms with Crippen LogP contribution in [0.15, 0.2) is 64.0 Å². The van der Waals surface area contributed by atoms with E-state index in [0.29, 0.717) is 6.61 Å². The number of rotatable bonds is 7. The van der Waals surface area contributed by atoms with E-state index in [0.717, 1.165) is 10.0 Å². The van der Waals surface area contributed by atoms with Crippen LogP contribution in [0.5, 0.6) is 0 Å². The minimum atomic E-state index is -3.62. The van der Waals surface area contributed by atoms with Gasteiger partial charge in [-0.25, -0.2) is 8.42 Å². The number of thiocarbonyl (C=S) groups is 1. The molecule has 1 aliphatic rings. The number of sulfone groups is 1. The standard InChI is InChI=1S/C19H20BrNO3S2/c1-2-24-12-19(18(21)25)16(13-8-10-14(20)11-9-13)17(19)26(22,23)15-6-4-3-5-7-15/h3-11,16-17H,2,12H2,1H3,(H2,21,25)/t16-,17+,19-/m0/s1. The summed E-state index contributed by atoms with van der Waals surface area (Å²) in [5, 5.41) is -0.734. The quantitative estimate of drug-likeness (QED) is 0.647. The van der Waals surface area contributed by atoms with Gasteiger partial charge in [-0.1, -0.05) is 58.5 Å². The van der Waals surface area contributed by atoms with E-state index < -0.39 is 20.5 Å². The van der Waals surface area contributed by atoms with E-state index in [1.54, 1.807) is 30.3 Å². The van der Waals surface area contributed by atoms with Crippen molar-refractivity contribution in [2.75, 3.05) is 13.2 Å². The summed E-state index contributed by atoms with van der Waals surface area (Å²) in [5.41, 5.74) is 6.07. The Hall–Kier alpha value is -1.28. The Balaban J connectivity index is 2.10. The molecule has 2 aromatic rings. The van der Waals surface area contributed by atoms with Gasteiger partial charge in [0.2, 0.25) is 0 Å². The summed E-state index contributed by atoms with van der Waals surface area (Å²) in [7, 11) is -3.62. The van der Waals surface area contributed by atoms with Crippen molar-refractivity contribution >= 4 is 43.0 Å². The highest BCUT2D eigenvalue weighted by Crippen LogP contribution is 2.64. The van der Waals surface area contributed by atoms with E-state index in [4.69, 9.17) is 22.7 Å². The topological polar surface area (TPSA) is 69.4 Å². The SMILES string of the molecule is CCOC[C@@]1(C(N)=S)[C@H](S(=O)(=O)c2ccccc2)[C@@H]1c1ccc(Br)cc1. The van der Waals surface area contributed by atoms with Crippen molar-refractivity contribution in [1.29, 1.82) is 0 Å². The van der Waals surface area contributed by atoms with Crippen LogP contribution >= 0.6 is 28.1 Å². The third kappa shape index (κ3) is 3.22. The van der Waals surface area contributed by atoms with Crippen molar-refractivity contribution in [3.8, 4) is 0 Å². The van der Waals surface area contributed by atoms with E-state index >= 15 is 0 Å². The van der Waals surface area contributed by atoms with Crippen molar-refractivity contribution in [3.05, 3.63) is 64.6 Å². The molecule has 0 bridgehead atoms. The maximum absolute atomic E-state index is 13.3. The molecule has 1 aliphatic carbocycles. The van der Waals surface area contributed by atoms with Crippen molar-refractivity contribution in [1.82, 2.24) is 0 Å². The molecule has 2 N–H and O–H groups in total. The van der Waals surface area contributed by atoms with Crippen molar-refractivity contribution < 1.29 is 13.2 Å². The van der Waals surface area contributed by atoms with E-state index in [-0.39, 0.29) is 22.4 Å². The molecule has 0 saturated heterocycles. The maximum Gasteiger partial charge on any atom is 0.182 e. The van der Waals surface area contributed by atoms with E-state index in [1.165, 1.54) is 0 Å². The van der Waals surface area contributed by atoms with Gasteiger partial charge in [-0.2, -0.15) is 0 Å². The van der Waals surface area contributed by atoms with E-state index in [9.17, 15) is 8.42 Å². The molecule has 26 heavy (non-hydrogen) atoms. The van der Waals surface area contributed by atoms with E-state index in [2.05, 4.69) is 15.9 Å². The fraction of sp³-hybridized carbons (Fsp3) is 0.316. The molecule has 1 fully saturated rings. The molecule has 0 spiro atoms. The van der Waals surface area contributed by atoms with Crippen LogP contribution in [0.25, 0.3) is 0 Å². The molecule has 0 amide bonds. The molecule has 0 aliphatic heterocycles. The molecule has 4 nitrogen and oxygen atoms in total. The number of benzene rings is 2. The molecule has 0 unspecified atom stereocenters. The zero-order valence-electron chi connectivity index (χ0n) is 14.3. The summed E-state index contributed by atoms with van der Waals surface area (Å²) in [6.45, 7) is 2.52. The number of hydrogen-bond donors (Lipinski definition) is 1. The predicted octanol–water partition coefficient (Wildman–Crippen LogP) is 3.70. The number of halogens is 1. The Bertz CT molecular complexity index is 900. The largest absolute Gasteiger partial charge is 0.393 e. The van der Waals surface area contributed by atoms with Gasteiger partial charge in [0.1, 0.15) is 0 Å². The Morgan fingerprint density at radius 2 is 1.81 bits per heavy atom. The van der Waals surface area contributed by atoms with Gasteiger partial charge in [-0.05, 0) is 36.8 Å². The lowest BCUT2D eigenvalue weighted by atomic mass is 10.00. The highest BCUT2D eigenvalue weighted by molar-refractivity contribution is 9.10. The minimum absolute atomic E-state index is 0.184. The fourth-order valence-corrected chi connectivity index (χ4v) is 6.62. The molecule has 0 heterocycles. The lowest BCUT2D eigenvalue weighted by Gasteiger charge is -2.17. The van der Waals surface area contributed by atoms with Gasteiger partial charge in [0.25, 0.3) is 0 Å². The first-order valence-corrected chi connectivity index (χ1v) is 11.0. The predicted molar refractivity (Wildman–Crippen MR) is 110 cm³/mol. The van der Waals surface area contributed by atoms with Gasteiger partial charge in [-0.15, -0.1) is 0 Å². The number of nitrogens with two attached hydrogens (primary N) is 1. The van der Waals surface area contributed by atoms with Crippen LogP contribution in [-0.4, -0.2) is 31.9 Å². The second-order valence-electron chi connectivity index (χ2n) is 6.35. The average molecular weight is 454 g/mol. The Morgan fingerprint density at radius 3 is 2.35 bits per heavy atom. The van der Waals surface area contributed by atoms with Gasteiger partial charge >= 0.3 is 0 Å². The summed E-state index contributed by atoms with van der Waals surface area (Å²) in [5.74, 6) is -0.329. The van der Waals surface area contributed by atoms with Crippen LogP contribution in [0, 0.1) is 5.41 Å². The van der Waals surface area contributed by atoms with Crippen molar-refractivity contribution in [2.45, 2.75) is 23.0 Å². The van der Waals surface area contributed by atoms with Crippen LogP contribution < -0.4 is 5.73 Å². The van der Waals surface area contributed by atoms with Gasteiger partial charge < -0.3 is 10.5 Å². The van der Waals surface area contributed by atoms with Crippen LogP contribution in [0.3, 0.4) is 0 Å². The smallest absolute Gasteiger partial charge is 0.182 e. The highest BCUT2D eigenvalue weighted by Gasteiger charge is 2.73. The zero-order valence-corrected chi connectivity index (χ0v) is 17.5. The summed E-state index contributed by atoms with van der Waals surface area (Å²) >= 11 is 8.74. The molecule has 2 aromatic carbocycles. The van der Waals surface area contributed by atoms with Crippen molar-refractivity contribution in [2.24, 2.45) is 11.1 Å². The van der Waals surface area contributed by atoms with Gasteiger partial charge in [0.15, 0.2) is 9.84 Å². The van der Waals surface area contributed by atoms with Gasteiger partial charge in [-0.3, -0.25) is 0 Å². The van der Waals surface area contributed by atoms with Gasteiger partial charge in [0, 0.05) is 17.0 Å². The lowest BCUT2D eigenvalue weighted by molar-refractivity contribution is 0.121. The first-order chi connectivity index (χ1) is 12.4. The van der Waals surface area contributed by atoms with Crippen LogP contribution in [0.4, 0.5) is 0 Å². The summed E-state index contributed by atoms with van der Waals surface area (Å²) in [4.78, 5) is 0.463. The zero-order chi connectivity index (χ0) is 18.9. The van der Waals surface area contributed by atoms with Crippen LogP contribution in [-0.2, 0) is 14.6 Å². The fourth-order valence-electron chi connectivity index (χ4n) is 3.57. The van der Waals surface area contributed by atoms with Gasteiger partial charge in [0.05, 0.1) is 27.2 Å². The number of ether oxygens (including phenoxy) is 1. The molecule has 0 radical (unpaired) electrons. The van der Waals surface area contributed by atoms with Crippen LogP contribution in [0.2, 0.25) is 0 Å². The summed E-state index contributed by atoms with van der Waals surface area (Å²) in [6.07, 6.45) is 0. The first kappa shape index (κ1) is 19.5. The Kier molecular flexibility index (Phi) is 5.53. The average Bonchev–Trinajstić information content (AvgIpc) is 3.33. The maximum atomic E-state index is 13.3. The van der Waals surface area contributed by atoms with Crippen LogP contribution in [0.1, 0.15) is 18.4 Å².